The third kappa shape index (κ3) is 1.44. The van der Waals surface area contributed by atoms with E-state index in [9.17, 15) is 4.79 Å². The van der Waals surface area contributed by atoms with Gasteiger partial charge in [0.05, 0.1) is 13.2 Å². The van der Waals surface area contributed by atoms with Crippen molar-refractivity contribution in [2.75, 3.05) is 19.8 Å². The molecule has 4 nitrogen and oxygen atoms in total. The Morgan fingerprint density at radius 1 is 1.33 bits per heavy atom. The summed E-state index contributed by atoms with van der Waals surface area (Å²) in [6, 6.07) is 0. The zero-order valence-electron chi connectivity index (χ0n) is 6.99. The van der Waals surface area contributed by atoms with Crippen LogP contribution in [0, 0.1) is 0 Å². The van der Waals surface area contributed by atoms with Gasteiger partial charge in [-0.05, 0) is 19.3 Å². The molecule has 2 heterocycles. The van der Waals surface area contributed by atoms with Gasteiger partial charge in [-0.15, -0.1) is 0 Å². The maximum atomic E-state index is 11.5. The zero-order valence-corrected chi connectivity index (χ0v) is 6.99. The van der Waals surface area contributed by atoms with Crippen LogP contribution in [-0.2, 0) is 14.4 Å². The average Bonchev–Trinajstić information content (AvgIpc) is 2.77. The molecule has 2 fully saturated rings. The molecule has 0 N–H and O–H groups in total. The number of carbonyl (C=O) groups is 1. The Morgan fingerprint density at radius 3 is 2.83 bits per heavy atom. The molecule has 0 aromatic rings. The van der Waals surface area contributed by atoms with Gasteiger partial charge in [-0.3, -0.25) is 9.63 Å². The Bertz CT molecular complexity index is 153. The Balaban J connectivity index is 1.89. The van der Waals surface area contributed by atoms with E-state index in [1.165, 1.54) is 5.06 Å². The number of nitrogens with zero attached hydrogens (tertiary/aromatic N) is 1. The van der Waals surface area contributed by atoms with Crippen molar-refractivity contribution in [1.29, 1.82) is 0 Å². The summed E-state index contributed by atoms with van der Waals surface area (Å²) in [4.78, 5) is 16.7. The summed E-state index contributed by atoms with van der Waals surface area (Å²) in [6.45, 7) is 2.10. The van der Waals surface area contributed by atoms with Crippen LogP contribution in [-0.4, -0.2) is 36.8 Å². The predicted molar refractivity (Wildman–Crippen MR) is 41.3 cm³/mol. The minimum Gasteiger partial charge on any atom is -0.368 e. The van der Waals surface area contributed by atoms with Crippen molar-refractivity contribution in [3.8, 4) is 0 Å². The Labute approximate surface area is 71.4 Å². The van der Waals surface area contributed by atoms with Crippen LogP contribution in [0.15, 0.2) is 0 Å². The largest absolute Gasteiger partial charge is 0.368 e. The van der Waals surface area contributed by atoms with Crippen molar-refractivity contribution in [2.45, 2.75) is 25.4 Å². The zero-order chi connectivity index (χ0) is 8.39. The fourth-order valence-electron chi connectivity index (χ4n) is 1.55. The Hall–Kier alpha value is -0.610. The van der Waals surface area contributed by atoms with Crippen molar-refractivity contribution in [3.63, 3.8) is 0 Å². The summed E-state index contributed by atoms with van der Waals surface area (Å²) in [5, 5.41) is 1.44. The highest BCUT2D eigenvalue weighted by Gasteiger charge is 2.30. The summed E-state index contributed by atoms with van der Waals surface area (Å²) in [6.07, 6.45) is 2.55. The molecule has 68 valence electrons. The van der Waals surface area contributed by atoms with E-state index in [2.05, 4.69) is 0 Å². The maximum absolute atomic E-state index is 11.5. The van der Waals surface area contributed by atoms with Gasteiger partial charge in [0.1, 0.15) is 6.10 Å². The molecule has 2 aliphatic heterocycles. The molecule has 2 rings (SSSR count). The van der Waals surface area contributed by atoms with E-state index in [1.807, 2.05) is 0 Å². The van der Waals surface area contributed by atoms with Gasteiger partial charge in [-0.1, -0.05) is 0 Å². The highest BCUT2D eigenvalue weighted by Crippen LogP contribution is 2.16. The van der Waals surface area contributed by atoms with Crippen LogP contribution in [0.25, 0.3) is 0 Å². The molecule has 0 bridgehead atoms. The summed E-state index contributed by atoms with van der Waals surface area (Å²) in [7, 11) is 0. The summed E-state index contributed by atoms with van der Waals surface area (Å²) in [5.41, 5.74) is 0. The van der Waals surface area contributed by atoms with E-state index >= 15 is 0 Å². The van der Waals surface area contributed by atoms with Crippen molar-refractivity contribution in [3.05, 3.63) is 0 Å². The smallest absolute Gasteiger partial charge is 0.275 e. The Kier molecular flexibility index (Phi) is 2.28. The number of hydrogen-bond donors (Lipinski definition) is 0. The number of ether oxygens (including phenoxy) is 1. The fourth-order valence-corrected chi connectivity index (χ4v) is 1.55. The molecule has 0 radical (unpaired) electrons. The molecule has 4 heteroatoms. The van der Waals surface area contributed by atoms with E-state index in [0.29, 0.717) is 13.2 Å². The fraction of sp³-hybridized carbons (Fsp3) is 0.875. The standard InChI is InChI=1S/C8H13NO3/c10-8(7-3-1-5-11-7)9-4-2-6-12-9/h7H,1-6H2/t7-/m1/s1. The van der Waals surface area contributed by atoms with Gasteiger partial charge >= 0.3 is 0 Å². The van der Waals surface area contributed by atoms with Gasteiger partial charge < -0.3 is 4.74 Å². The van der Waals surface area contributed by atoms with Gasteiger partial charge in [0.25, 0.3) is 5.91 Å². The molecular formula is C8H13NO3. The quantitative estimate of drug-likeness (QED) is 0.570. The topological polar surface area (TPSA) is 38.8 Å². The molecule has 0 saturated carbocycles. The van der Waals surface area contributed by atoms with E-state index in [-0.39, 0.29) is 12.0 Å². The van der Waals surface area contributed by atoms with Gasteiger partial charge in [0.2, 0.25) is 0 Å². The van der Waals surface area contributed by atoms with Gasteiger partial charge in [0.15, 0.2) is 0 Å². The lowest BCUT2D eigenvalue weighted by molar-refractivity contribution is -0.178. The maximum Gasteiger partial charge on any atom is 0.275 e. The predicted octanol–water partition coefficient (Wildman–Crippen LogP) is 0.329. The van der Waals surface area contributed by atoms with Crippen molar-refractivity contribution < 1.29 is 14.4 Å². The molecule has 0 unspecified atom stereocenters. The minimum absolute atomic E-state index is 0.00463. The van der Waals surface area contributed by atoms with Crippen LogP contribution in [0.1, 0.15) is 19.3 Å². The lowest BCUT2D eigenvalue weighted by atomic mass is 10.2. The first-order chi connectivity index (χ1) is 5.88. The van der Waals surface area contributed by atoms with Gasteiger partial charge in [-0.25, -0.2) is 5.06 Å². The van der Waals surface area contributed by atoms with Crippen LogP contribution in [0.5, 0.6) is 0 Å². The summed E-state index contributed by atoms with van der Waals surface area (Å²) >= 11 is 0. The monoisotopic (exact) mass is 171 g/mol. The van der Waals surface area contributed by atoms with Crippen molar-refractivity contribution in [2.24, 2.45) is 0 Å². The second kappa shape index (κ2) is 3.41. The van der Waals surface area contributed by atoms with E-state index in [0.717, 1.165) is 25.8 Å². The highest BCUT2D eigenvalue weighted by molar-refractivity contribution is 5.80. The van der Waals surface area contributed by atoms with Crippen LogP contribution in [0.4, 0.5) is 0 Å². The first kappa shape index (κ1) is 8.01. The number of carbonyl (C=O) groups excluding carboxylic acids is 1. The Morgan fingerprint density at radius 2 is 2.25 bits per heavy atom. The van der Waals surface area contributed by atoms with Crippen LogP contribution in [0.3, 0.4) is 0 Å². The SMILES string of the molecule is O=C([C@H]1CCCO1)N1CCCO1. The number of rotatable bonds is 1. The lowest BCUT2D eigenvalue weighted by Crippen LogP contribution is -2.35. The van der Waals surface area contributed by atoms with E-state index in [4.69, 9.17) is 9.57 Å². The normalized spacial score (nSPS) is 29.7. The van der Waals surface area contributed by atoms with E-state index < -0.39 is 0 Å². The third-order valence-corrected chi connectivity index (χ3v) is 2.20. The summed E-state index contributed by atoms with van der Waals surface area (Å²) in [5.74, 6) is 0.00463. The molecular weight excluding hydrogens is 158 g/mol. The average molecular weight is 171 g/mol. The number of amides is 1. The molecule has 0 aromatic heterocycles. The molecule has 1 atom stereocenters. The second-order valence-corrected chi connectivity index (χ2v) is 3.13. The first-order valence-electron chi connectivity index (χ1n) is 4.44. The minimum atomic E-state index is -0.233. The first-order valence-corrected chi connectivity index (χ1v) is 4.44. The molecule has 2 saturated heterocycles. The van der Waals surface area contributed by atoms with Crippen molar-refractivity contribution in [1.82, 2.24) is 5.06 Å². The molecule has 2 aliphatic rings. The van der Waals surface area contributed by atoms with Crippen LogP contribution in [0.2, 0.25) is 0 Å². The summed E-state index contributed by atoms with van der Waals surface area (Å²) < 4.78 is 5.26. The number of hydrogen-bond acceptors (Lipinski definition) is 3. The van der Waals surface area contributed by atoms with Crippen LogP contribution < -0.4 is 0 Å². The number of hydroxylamine groups is 2. The molecule has 12 heavy (non-hydrogen) atoms. The lowest BCUT2D eigenvalue weighted by Gasteiger charge is -2.17. The molecule has 0 spiro atoms. The highest BCUT2D eigenvalue weighted by atomic mass is 16.7. The van der Waals surface area contributed by atoms with Crippen LogP contribution >= 0.6 is 0 Å². The third-order valence-electron chi connectivity index (χ3n) is 2.20. The molecule has 1 amide bonds. The van der Waals surface area contributed by atoms with Gasteiger partial charge in [0, 0.05) is 6.61 Å². The van der Waals surface area contributed by atoms with Crippen molar-refractivity contribution >= 4 is 5.91 Å². The van der Waals surface area contributed by atoms with Gasteiger partial charge in [-0.2, -0.15) is 0 Å². The molecule has 0 aromatic carbocycles. The van der Waals surface area contributed by atoms with E-state index in [1.54, 1.807) is 0 Å². The molecule has 0 aliphatic carbocycles. The second-order valence-electron chi connectivity index (χ2n) is 3.13.